The maximum absolute atomic E-state index is 5.30. The van der Waals surface area contributed by atoms with Gasteiger partial charge in [0.05, 0.1) is 12.2 Å². The first-order valence-electron chi connectivity index (χ1n) is 7.61. The van der Waals surface area contributed by atoms with Gasteiger partial charge in [0.25, 0.3) is 0 Å². The number of rotatable bonds is 4. The van der Waals surface area contributed by atoms with Crippen LogP contribution < -0.4 is 0 Å². The monoisotopic (exact) mass is 285 g/mol. The van der Waals surface area contributed by atoms with Gasteiger partial charge in [-0.25, -0.2) is 0 Å². The summed E-state index contributed by atoms with van der Waals surface area (Å²) in [5.74, 6) is 0.972. The van der Waals surface area contributed by atoms with Gasteiger partial charge in [0.15, 0.2) is 5.76 Å². The van der Waals surface area contributed by atoms with Crippen LogP contribution in [0, 0.1) is 13.8 Å². The number of hydrogen-bond acceptors (Lipinski definition) is 4. The van der Waals surface area contributed by atoms with E-state index in [0.29, 0.717) is 0 Å². The van der Waals surface area contributed by atoms with Gasteiger partial charge >= 0.3 is 0 Å². The van der Waals surface area contributed by atoms with Gasteiger partial charge in [-0.1, -0.05) is 35.0 Å². The van der Waals surface area contributed by atoms with Gasteiger partial charge in [0.1, 0.15) is 0 Å². The molecule has 2 aromatic rings. The molecule has 0 saturated carbocycles. The molecule has 0 spiro atoms. The molecule has 2 heterocycles. The van der Waals surface area contributed by atoms with E-state index in [2.05, 4.69) is 46.1 Å². The van der Waals surface area contributed by atoms with E-state index in [1.807, 2.05) is 13.0 Å². The van der Waals surface area contributed by atoms with Crippen molar-refractivity contribution in [2.75, 3.05) is 26.2 Å². The zero-order valence-corrected chi connectivity index (χ0v) is 12.9. The summed E-state index contributed by atoms with van der Waals surface area (Å²) in [6, 6.07) is 10.9. The van der Waals surface area contributed by atoms with Crippen molar-refractivity contribution in [2.24, 2.45) is 0 Å². The molecule has 3 rings (SSSR count). The highest BCUT2D eigenvalue weighted by molar-refractivity contribution is 5.21. The number of piperazine rings is 1. The molecule has 0 unspecified atom stereocenters. The van der Waals surface area contributed by atoms with Crippen molar-refractivity contribution in [2.45, 2.75) is 26.9 Å². The molecule has 0 aliphatic carbocycles. The van der Waals surface area contributed by atoms with E-state index in [4.69, 9.17) is 4.52 Å². The van der Waals surface area contributed by atoms with Gasteiger partial charge in [0, 0.05) is 38.8 Å². The highest BCUT2D eigenvalue weighted by Gasteiger charge is 2.18. The summed E-state index contributed by atoms with van der Waals surface area (Å²) < 4.78 is 5.30. The Morgan fingerprint density at radius 3 is 2.14 bits per heavy atom. The van der Waals surface area contributed by atoms with Gasteiger partial charge in [-0.2, -0.15) is 0 Å². The first-order chi connectivity index (χ1) is 10.2. The van der Waals surface area contributed by atoms with Crippen molar-refractivity contribution in [3.63, 3.8) is 0 Å². The van der Waals surface area contributed by atoms with E-state index in [0.717, 1.165) is 50.7 Å². The lowest BCUT2D eigenvalue weighted by molar-refractivity contribution is 0.113. The number of aromatic nitrogens is 1. The van der Waals surface area contributed by atoms with Crippen molar-refractivity contribution in [3.05, 3.63) is 52.9 Å². The smallest absolute Gasteiger partial charge is 0.150 e. The van der Waals surface area contributed by atoms with Crippen LogP contribution >= 0.6 is 0 Å². The Morgan fingerprint density at radius 1 is 0.952 bits per heavy atom. The van der Waals surface area contributed by atoms with E-state index in [9.17, 15) is 0 Å². The Labute approximate surface area is 126 Å². The molecule has 0 amide bonds. The van der Waals surface area contributed by atoms with E-state index < -0.39 is 0 Å². The molecule has 21 heavy (non-hydrogen) atoms. The van der Waals surface area contributed by atoms with Crippen LogP contribution in [0.1, 0.15) is 22.6 Å². The summed E-state index contributed by atoms with van der Waals surface area (Å²) in [5, 5.41) is 3.95. The molecule has 1 saturated heterocycles. The molecule has 1 aromatic heterocycles. The van der Waals surface area contributed by atoms with Crippen molar-refractivity contribution in [1.82, 2.24) is 15.0 Å². The fraction of sp³-hybridized carbons (Fsp3) is 0.471. The van der Waals surface area contributed by atoms with Crippen molar-refractivity contribution >= 4 is 0 Å². The van der Waals surface area contributed by atoms with Gasteiger partial charge in [-0.3, -0.25) is 9.80 Å². The minimum Gasteiger partial charge on any atom is -0.360 e. The largest absolute Gasteiger partial charge is 0.360 e. The Morgan fingerprint density at radius 2 is 1.57 bits per heavy atom. The summed E-state index contributed by atoms with van der Waals surface area (Å²) in [4.78, 5) is 4.96. The van der Waals surface area contributed by atoms with Crippen LogP contribution in [0.5, 0.6) is 0 Å². The molecular weight excluding hydrogens is 262 g/mol. The highest BCUT2D eigenvalue weighted by Crippen LogP contribution is 2.12. The summed E-state index contributed by atoms with van der Waals surface area (Å²) in [6.45, 7) is 10.4. The van der Waals surface area contributed by atoms with Crippen LogP contribution in [-0.4, -0.2) is 41.1 Å². The maximum atomic E-state index is 5.30. The van der Waals surface area contributed by atoms with E-state index >= 15 is 0 Å². The fourth-order valence-corrected chi connectivity index (χ4v) is 2.77. The molecule has 0 N–H and O–H groups in total. The lowest BCUT2D eigenvalue weighted by Crippen LogP contribution is -2.45. The summed E-state index contributed by atoms with van der Waals surface area (Å²) in [6.07, 6.45) is 0. The average Bonchev–Trinajstić information content (AvgIpc) is 2.89. The number of benzene rings is 1. The number of aryl methyl sites for hydroxylation is 2. The average molecular weight is 285 g/mol. The summed E-state index contributed by atoms with van der Waals surface area (Å²) >= 11 is 0. The second kappa shape index (κ2) is 6.41. The number of nitrogens with zero attached hydrogens (tertiary/aromatic N) is 3. The van der Waals surface area contributed by atoms with Crippen LogP contribution in [0.15, 0.2) is 34.9 Å². The molecule has 1 aliphatic rings. The third-order valence-corrected chi connectivity index (χ3v) is 4.05. The molecule has 112 valence electrons. The standard InChI is InChI=1S/C17H23N3O/c1-14-3-5-16(6-4-14)12-19-7-9-20(10-8-19)13-17-11-15(2)18-21-17/h3-6,11H,7-10,12-13H2,1-2H3. The third-order valence-electron chi connectivity index (χ3n) is 4.05. The molecule has 0 radical (unpaired) electrons. The van der Waals surface area contributed by atoms with Crippen LogP contribution in [0.4, 0.5) is 0 Å². The second-order valence-corrected chi connectivity index (χ2v) is 5.97. The zero-order chi connectivity index (χ0) is 14.7. The Kier molecular flexibility index (Phi) is 4.36. The summed E-state index contributed by atoms with van der Waals surface area (Å²) in [5.41, 5.74) is 3.69. The maximum Gasteiger partial charge on any atom is 0.150 e. The quantitative estimate of drug-likeness (QED) is 0.864. The molecule has 0 bridgehead atoms. The SMILES string of the molecule is Cc1ccc(CN2CCN(Cc3cc(C)no3)CC2)cc1. The molecule has 4 nitrogen and oxygen atoms in total. The van der Waals surface area contributed by atoms with Crippen LogP contribution in [-0.2, 0) is 13.1 Å². The molecule has 0 atom stereocenters. The minimum absolute atomic E-state index is 0.874. The van der Waals surface area contributed by atoms with Crippen molar-refractivity contribution in [3.8, 4) is 0 Å². The first-order valence-corrected chi connectivity index (χ1v) is 7.61. The molecule has 1 aliphatic heterocycles. The summed E-state index contributed by atoms with van der Waals surface area (Å²) in [7, 11) is 0. The lowest BCUT2D eigenvalue weighted by Gasteiger charge is -2.34. The van der Waals surface area contributed by atoms with Crippen molar-refractivity contribution in [1.29, 1.82) is 0 Å². The zero-order valence-electron chi connectivity index (χ0n) is 12.9. The Bertz CT molecular complexity index is 568. The minimum atomic E-state index is 0.874. The van der Waals surface area contributed by atoms with Gasteiger partial charge in [-0.05, 0) is 19.4 Å². The normalized spacial score (nSPS) is 17.2. The third kappa shape index (κ3) is 3.93. The first kappa shape index (κ1) is 14.3. The van der Waals surface area contributed by atoms with Crippen LogP contribution in [0.25, 0.3) is 0 Å². The van der Waals surface area contributed by atoms with E-state index in [1.165, 1.54) is 11.1 Å². The van der Waals surface area contributed by atoms with Gasteiger partial charge in [-0.15, -0.1) is 0 Å². The highest BCUT2D eigenvalue weighted by atomic mass is 16.5. The van der Waals surface area contributed by atoms with Crippen molar-refractivity contribution < 1.29 is 4.52 Å². The van der Waals surface area contributed by atoms with Crippen LogP contribution in [0.3, 0.4) is 0 Å². The predicted octanol–water partition coefficient (Wildman–Crippen LogP) is 2.61. The molecule has 1 aromatic carbocycles. The van der Waals surface area contributed by atoms with Gasteiger partial charge < -0.3 is 4.52 Å². The Balaban J connectivity index is 1.47. The lowest BCUT2D eigenvalue weighted by atomic mass is 10.1. The van der Waals surface area contributed by atoms with E-state index in [-0.39, 0.29) is 0 Å². The number of hydrogen-bond donors (Lipinski definition) is 0. The molecular formula is C17H23N3O. The Hall–Kier alpha value is -1.65. The molecule has 4 heteroatoms. The van der Waals surface area contributed by atoms with Crippen LogP contribution in [0.2, 0.25) is 0 Å². The van der Waals surface area contributed by atoms with Gasteiger partial charge in [0.2, 0.25) is 0 Å². The molecule has 1 fully saturated rings. The fourth-order valence-electron chi connectivity index (χ4n) is 2.77. The topological polar surface area (TPSA) is 32.5 Å². The predicted molar refractivity (Wildman–Crippen MR) is 83.0 cm³/mol. The van der Waals surface area contributed by atoms with E-state index in [1.54, 1.807) is 0 Å². The second-order valence-electron chi connectivity index (χ2n) is 5.97.